The second kappa shape index (κ2) is 7.75. The van der Waals surface area contributed by atoms with Gasteiger partial charge in [-0.05, 0) is 36.6 Å². The van der Waals surface area contributed by atoms with Gasteiger partial charge in [0.05, 0.1) is 23.1 Å². The topological polar surface area (TPSA) is 97.1 Å². The molecule has 0 unspecified atom stereocenters. The molecule has 27 heavy (non-hydrogen) atoms. The standard InChI is InChI=1S/C19H19ClN4O3/c1-10(2)15-9-14(17-11(3)24-27-19(17)21-15)18(26)23-22-16(25)8-12-4-6-13(20)7-5-12/h4-7,9-10H,8H2,1-3H3,(H,22,25)(H,23,26). The summed E-state index contributed by atoms with van der Waals surface area (Å²) in [4.78, 5) is 29.1. The smallest absolute Gasteiger partial charge is 0.270 e. The van der Waals surface area contributed by atoms with Crippen molar-refractivity contribution in [3.63, 3.8) is 0 Å². The SMILES string of the molecule is Cc1noc2nc(C(C)C)cc(C(=O)NNC(=O)Cc3ccc(Cl)cc3)c12. The van der Waals surface area contributed by atoms with Crippen molar-refractivity contribution in [2.45, 2.75) is 33.1 Å². The van der Waals surface area contributed by atoms with Crippen LogP contribution in [0.15, 0.2) is 34.9 Å². The molecule has 0 aliphatic heterocycles. The van der Waals surface area contributed by atoms with Crippen LogP contribution in [0.3, 0.4) is 0 Å². The maximum atomic E-state index is 12.6. The average Bonchev–Trinajstić information content (AvgIpc) is 3.02. The zero-order valence-electron chi connectivity index (χ0n) is 15.2. The van der Waals surface area contributed by atoms with Crippen molar-refractivity contribution in [2.75, 3.05) is 0 Å². The molecular formula is C19H19ClN4O3. The van der Waals surface area contributed by atoms with Crippen LogP contribution < -0.4 is 10.9 Å². The van der Waals surface area contributed by atoms with E-state index in [4.69, 9.17) is 16.1 Å². The molecule has 0 bridgehead atoms. The molecule has 140 valence electrons. The van der Waals surface area contributed by atoms with Crippen molar-refractivity contribution in [3.05, 3.63) is 57.9 Å². The Balaban J connectivity index is 1.74. The number of hydrogen-bond acceptors (Lipinski definition) is 5. The Morgan fingerprint density at radius 1 is 1.19 bits per heavy atom. The Morgan fingerprint density at radius 2 is 1.89 bits per heavy atom. The summed E-state index contributed by atoms with van der Waals surface area (Å²) in [7, 11) is 0. The first-order valence-electron chi connectivity index (χ1n) is 8.45. The lowest BCUT2D eigenvalue weighted by molar-refractivity contribution is -0.121. The van der Waals surface area contributed by atoms with Gasteiger partial charge in [-0.25, -0.2) is 4.98 Å². The van der Waals surface area contributed by atoms with Crippen molar-refractivity contribution < 1.29 is 14.1 Å². The Morgan fingerprint density at radius 3 is 2.56 bits per heavy atom. The van der Waals surface area contributed by atoms with E-state index >= 15 is 0 Å². The van der Waals surface area contributed by atoms with E-state index in [1.165, 1.54) is 0 Å². The molecule has 2 aromatic heterocycles. The van der Waals surface area contributed by atoms with E-state index in [9.17, 15) is 9.59 Å². The Labute approximate surface area is 161 Å². The normalized spacial score (nSPS) is 11.0. The molecule has 3 rings (SSSR count). The van der Waals surface area contributed by atoms with Crippen molar-refractivity contribution in [2.24, 2.45) is 0 Å². The molecule has 0 radical (unpaired) electrons. The first-order valence-corrected chi connectivity index (χ1v) is 8.83. The van der Waals surface area contributed by atoms with Gasteiger partial charge < -0.3 is 4.52 Å². The molecule has 3 aromatic rings. The van der Waals surface area contributed by atoms with E-state index in [1.807, 2.05) is 13.8 Å². The van der Waals surface area contributed by atoms with Crippen molar-refractivity contribution in [1.29, 1.82) is 0 Å². The molecule has 1 aromatic carbocycles. The molecule has 0 aliphatic carbocycles. The van der Waals surface area contributed by atoms with E-state index in [1.54, 1.807) is 37.3 Å². The monoisotopic (exact) mass is 386 g/mol. The van der Waals surface area contributed by atoms with Crippen molar-refractivity contribution >= 4 is 34.5 Å². The highest BCUT2D eigenvalue weighted by atomic mass is 35.5. The largest absolute Gasteiger partial charge is 0.336 e. The fourth-order valence-electron chi connectivity index (χ4n) is 2.61. The summed E-state index contributed by atoms with van der Waals surface area (Å²) < 4.78 is 5.21. The number of carbonyl (C=O) groups is 2. The fraction of sp³-hybridized carbons (Fsp3) is 0.263. The summed E-state index contributed by atoms with van der Waals surface area (Å²) in [5.74, 6) is -0.701. The van der Waals surface area contributed by atoms with Crippen LogP contribution in [0.1, 0.15) is 47.1 Å². The minimum absolute atomic E-state index is 0.103. The van der Waals surface area contributed by atoms with E-state index in [0.717, 1.165) is 5.56 Å². The zero-order chi connectivity index (χ0) is 19.6. The van der Waals surface area contributed by atoms with Crippen molar-refractivity contribution in [3.8, 4) is 0 Å². The van der Waals surface area contributed by atoms with Gasteiger partial charge in [0.2, 0.25) is 5.91 Å². The number of nitrogens with one attached hydrogen (secondary N) is 2. The minimum Gasteiger partial charge on any atom is -0.336 e. The van der Waals surface area contributed by atoms with Gasteiger partial charge in [-0.2, -0.15) is 0 Å². The predicted molar refractivity (Wildman–Crippen MR) is 101 cm³/mol. The molecule has 0 fully saturated rings. The minimum atomic E-state index is -0.458. The maximum Gasteiger partial charge on any atom is 0.270 e. The van der Waals surface area contributed by atoms with Crippen LogP contribution in [0.4, 0.5) is 0 Å². The summed E-state index contributed by atoms with van der Waals surface area (Å²) >= 11 is 5.83. The number of hydrazine groups is 1. The number of carbonyl (C=O) groups excluding carboxylic acids is 2. The highest BCUT2D eigenvalue weighted by Gasteiger charge is 2.20. The second-order valence-electron chi connectivity index (χ2n) is 6.50. The van der Waals surface area contributed by atoms with E-state index < -0.39 is 5.91 Å². The quantitative estimate of drug-likeness (QED) is 0.670. The van der Waals surface area contributed by atoms with E-state index in [2.05, 4.69) is 21.0 Å². The second-order valence-corrected chi connectivity index (χ2v) is 6.94. The number of hydrogen-bond donors (Lipinski definition) is 2. The number of halogens is 1. The molecule has 7 nitrogen and oxygen atoms in total. The van der Waals surface area contributed by atoms with Crippen LogP contribution in [0, 0.1) is 6.92 Å². The predicted octanol–water partition coefficient (Wildman–Crippen LogP) is 3.31. The lowest BCUT2D eigenvalue weighted by atomic mass is 10.0. The molecule has 2 amide bonds. The third-order valence-electron chi connectivity index (χ3n) is 4.07. The number of aryl methyl sites for hydroxylation is 1. The van der Waals surface area contributed by atoms with Gasteiger partial charge in [0.15, 0.2) is 0 Å². The van der Waals surface area contributed by atoms with Gasteiger partial charge >= 0.3 is 0 Å². The van der Waals surface area contributed by atoms with Gasteiger partial charge in [0.25, 0.3) is 11.6 Å². The Kier molecular flexibility index (Phi) is 5.41. The summed E-state index contributed by atoms with van der Waals surface area (Å²) in [5, 5.41) is 5.01. The number of fused-ring (bicyclic) bond motifs is 1. The molecule has 0 aliphatic rings. The molecule has 0 saturated carbocycles. The van der Waals surface area contributed by atoms with Crippen LogP contribution in [-0.2, 0) is 11.2 Å². The molecule has 0 spiro atoms. The van der Waals surface area contributed by atoms with Crippen LogP contribution in [-0.4, -0.2) is 22.0 Å². The lowest BCUT2D eigenvalue weighted by Crippen LogP contribution is -2.42. The zero-order valence-corrected chi connectivity index (χ0v) is 15.9. The van der Waals surface area contributed by atoms with Crippen LogP contribution in [0.25, 0.3) is 11.1 Å². The van der Waals surface area contributed by atoms with Gasteiger partial charge in [-0.1, -0.05) is 42.7 Å². The Bertz CT molecular complexity index is 996. The molecule has 2 N–H and O–H groups in total. The molecule has 0 saturated heterocycles. The number of benzene rings is 1. The highest BCUT2D eigenvalue weighted by molar-refractivity contribution is 6.30. The van der Waals surface area contributed by atoms with Crippen LogP contribution in [0.2, 0.25) is 5.02 Å². The summed E-state index contributed by atoms with van der Waals surface area (Å²) in [6, 6.07) is 8.62. The maximum absolute atomic E-state index is 12.6. The van der Waals surface area contributed by atoms with Gasteiger partial charge in [0.1, 0.15) is 0 Å². The van der Waals surface area contributed by atoms with Crippen LogP contribution >= 0.6 is 11.6 Å². The van der Waals surface area contributed by atoms with Crippen LogP contribution in [0.5, 0.6) is 0 Å². The lowest BCUT2D eigenvalue weighted by Gasteiger charge is -2.10. The summed E-state index contributed by atoms with van der Waals surface area (Å²) in [5.41, 5.74) is 7.58. The average molecular weight is 387 g/mol. The van der Waals surface area contributed by atoms with Gasteiger partial charge in [-0.15, -0.1) is 0 Å². The molecular weight excluding hydrogens is 368 g/mol. The Hall–Kier alpha value is -2.93. The summed E-state index contributed by atoms with van der Waals surface area (Å²) in [6.07, 6.45) is 0.118. The van der Waals surface area contributed by atoms with Crippen molar-refractivity contribution in [1.82, 2.24) is 21.0 Å². The van der Waals surface area contributed by atoms with Gasteiger partial charge in [-0.3, -0.25) is 20.4 Å². The number of pyridine rings is 1. The third kappa shape index (κ3) is 4.25. The number of aromatic nitrogens is 2. The molecule has 2 heterocycles. The van der Waals surface area contributed by atoms with E-state index in [-0.39, 0.29) is 18.2 Å². The number of amides is 2. The number of rotatable bonds is 4. The number of nitrogens with zero attached hydrogens (tertiary/aromatic N) is 2. The third-order valence-corrected chi connectivity index (χ3v) is 4.32. The highest BCUT2D eigenvalue weighted by Crippen LogP contribution is 2.24. The van der Waals surface area contributed by atoms with Gasteiger partial charge in [0, 0.05) is 10.7 Å². The molecule has 0 atom stereocenters. The summed E-state index contributed by atoms with van der Waals surface area (Å²) in [6.45, 7) is 5.67. The fourth-order valence-corrected chi connectivity index (χ4v) is 2.74. The first kappa shape index (κ1) is 18.8. The molecule has 8 heteroatoms. The first-order chi connectivity index (χ1) is 12.8. The van der Waals surface area contributed by atoms with E-state index in [0.29, 0.717) is 33.1 Å².